The number of benzene rings is 1. The van der Waals surface area contributed by atoms with Crippen LogP contribution in [0.5, 0.6) is 0 Å². The Labute approximate surface area is 154 Å². The fourth-order valence-electron chi connectivity index (χ4n) is 2.67. The van der Waals surface area contributed by atoms with Crippen LogP contribution < -0.4 is 0 Å². The monoisotopic (exact) mass is 364 g/mol. The molecule has 0 fully saturated rings. The van der Waals surface area contributed by atoms with Crippen LogP contribution in [-0.4, -0.2) is 60.8 Å². The van der Waals surface area contributed by atoms with Gasteiger partial charge in [0.05, 0.1) is 25.0 Å². The molecule has 0 radical (unpaired) electrons. The first kappa shape index (κ1) is 19.7. The molecule has 25 heavy (non-hydrogen) atoms. The Balaban J connectivity index is 1.83. The summed E-state index contributed by atoms with van der Waals surface area (Å²) in [4.78, 5) is 7.64. The average molecular weight is 365 g/mol. The largest absolute Gasteiger partial charge is 0.390 e. The van der Waals surface area contributed by atoms with Crippen molar-refractivity contribution < 1.29 is 14.7 Å². The van der Waals surface area contributed by atoms with Gasteiger partial charge in [-0.15, -0.1) is 13.2 Å². The lowest BCUT2D eigenvalue weighted by Crippen LogP contribution is -2.39. The molecule has 0 bridgehead atoms. The van der Waals surface area contributed by atoms with Crippen molar-refractivity contribution in [3.05, 3.63) is 60.2 Å². The number of rotatable bonds is 11. The minimum Gasteiger partial charge on any atom is -0.390 e. The molecule has 1 aromatic carbocycles. The van der Waals surface area contributed by atoms with Gasteiger partial charge < -0.3 is 14.7 Å². The predicted molar refractivity (Wildman–Crippen MR) is 101 cm³/mol. The normalized spacial score (nSPS) is 17.9. The number of aliphatic hydroxyl groups excluding tert-OH is 1. The molecule has 1 aromatic rings. The molecule has 0 saturated carbocycles. The SMILES string of the molecule is C=CCOC[C@H](O)CN(CC=C)C[C@@H]1CC(c2ccc(Cl)cc2)=NO1. The molecule has 1 aliphatic heterocycles. The number of halogens is 1. The van der Waals surface area contributed by atoms with E-state index in [0.29, 0.717) is 31.3 Å². The van der Waals surface area contributed by atoms with Gasteiger partial charge in [0.2, 0.25) is 0 Å². The third-order valence-corrected chi connectivity index (χ3v) is 4.03. The molecule has 0 amide bonds. The van der Waals surface area contributed by atoms with Gasteiger partial charge in [0.15, 0.2) is 0 Å². The van der Waals surface area contributed by atoms with Gasteiger partial charge in [-0.2, -0.15) is 0 Å². The molecular formula is C19H25ClN2O3. The van der Waals surface area contributed by atoms with Crippen LogP contribution in [0.2, 0.25) is 5.02 Å². The maximum absolute atomic E-state index is 10.1. The minimum atomic E-state index is -0.571. The quantitative estimate of drug-likeness (QED) is 0.484. The molecule has 1 aliphatic rings. The van der Waals surface area contributed by atoms with Crippen molar-refractivity contribution in [2.45, 2.75) is 18.6 Å². The van der Waals surface area contributed by atoms with E-state index < -0.39 is 6.10 Å². The van der Waals surface area contributed by atoms with Crippen molar-refractivity contribution >= 4 is 17.3 Å². The third-order valence-electron chi connectivity index (χ3n) is 3.77. The van der Waals surface area contributed by atoms with E-state index in [4.69, 9.17) is 21.2 Å². The van der Waals surface area contributed by atoms with Crippen LogP contribution in [0.4, 0.5) is 0 Å². The summed E-state index contributed by atoms with van der Waals surface area (Å²) < 4.78 is 5.29. The molecule has 2 atom stereocenters. The third kappa shape index (κ3) is 6.63. The van der Waals surface area contributed by atoms with Crippen LogP contribution >= 0.6 is 11.6 Å². The second-order valence-corrected chi connectivity index (χ2v) is 6.40. The first-order valence-corrected chi connectivity index (χ1v) is 8.68. The van der Waals surface area contributed by atoms with Gasteiger partial charge in [-0.3, -0.25) is 4.90 Å². The summed E-state index contributed by atoms with van der Waals surface area (Å²) in [5.74, 6) is 0. The van der Waals surface area contributed by atoms with Crippen molar-refractivity contribution in [3.8, 4) is 0 Å². The van der Waals surface area contributed by atoms with Crippen LogP contribution in [-0.2, 0) is 9.57 Å². The van der Waals surface area contributed by atoms with Gasteiger partial charge in [0, 0.05) is 31.1 Å². The number of nitrogens with zero attached hydrogens (tertiary/aromatic N) is 2. The molecule has 1 N–H and O–H groups in total. The number of hydrogen-bond donors (Lipinski definition) is 1. The highest BCUT2D eigenvalue weighted by Gasteiger charge is 2.25. The fourth-order valence-corrected chi connectivity index (χ4v) is 2.80. The molecule has 0 spiro atoms. The lowest BCUT2D eigenvalue weighted by molar-refractivity contribution is 0.00895. The zero-order chi connectivity index (χ0) is 18.1. The Morgan fingerprint density at radius 2 is 2.12 bits per heavy atom. The number of aliphatic hydroxyl groups is 1. The maximum Gasteiger partial charge on any atom is 0.145 e. The summed E-state index contributed by atoms with van der Waals surface area (Å²) in [5, 5.41) is 15.0. The minimum absolute atomic E-state index is 0.0491. The molecule has 5 nitrogen and oxygen atoms in total. The van der Waals surface area contributed by atoms with E-state index in [0.717, 1.165) is 17.7 Å². The molecule has 0 saturated heterocycles. The molecule has 0 aliphatic carbocycles. The van der Waals surface area contributed by atoms with E-state index in [1.54, 1.807) is 6.08 Å². The standard InChI is InChI=1S/C19H25ClN2O3/c1-3-9-22(12-17(23)14-24-10-4-2)13-18-11-19(21-25-18)15-5-7-16(20)8-6-15/h3-8,17-18,23H,1-2,9-14H2/t17-,18+/m1/s1. The van der Waals surface area contributed by atoms with E-state index in [1.807, 2.05) is 30.3 Å². The Morgan fingerprint density at radius 1 is 1.36 bits per heavy atom. The summed E-state index contributed by atoms with van der Waals surface area (Å²) in [6, 6.07) is 7.57. The lowest BCUT2D eigenvalue weighted by Gasteiger charge is -2.25. The molecule has 0 unspecified atom stereocenters. The number of hydrogen-bond acceptors (Lipinski definition) is 5. The highest BCUT2D eigenvalue weighted by molar-refractivity contribution is 6.30. The molecular weight excluding hydrogens is 340 g/mol. The highest BCUT2D eigenvalue weighted by atomic mass is 35.5. The fraction of sp³-hybridized carbons (Fsp3) is 0.421. The zero-order valence-electron chi connectivity index (χ0n) is 14.3. The summed E-state index contributed by atoms with van der Waals surface area (Å²) in [6.07, 6.45) is 3.58. The summed E-state index contributed by atoms with van der Waals surface area (Å²) >= 11 is 5.92. The molecule has 1 heterocycles. The average Bonchev–Trinajstić information content (AvgIpc) is 3.04. The molecule has 2 rings (SSSR count). The first-order valence-electron chi connectivity index (χ1n) is 8.31. The Kier molecular flexibility index (Phi) is 8.15. The first-order chi connectivity index (χ1) is 12.1. The van der Waals surface area contributed by atoms with Gasteiger partial charge in [0.25, 0.3) is 0 Å². The van der Waals surface area contributed by atoms with Crippen molar-refractivity contribution in [2.24, 2.45) is 5.16 Å². The molecule has 0 aromatic heterocycles. The molecule has 136 valence electrons. The van der Waals surface area contributed by atoms with Crippen molar-refractivity contribution in [1.82, 2.24) is 4.90 Å². The zero-order valence-corrected chi connectivity index (χ0v) is 15.1. The number of ether oxygens (including phenoxy) is 1. The summed E-state index contributed by atoms with van der Waals surface area (Å²) in [6.45, 7) is 9.88. The van der Waals surface area contributed by atoms with Crippen LogP contribution in [0.15, 0.2) is 54.7 Å². The lowest BCUT2D eigenvalue weighted by atomic mass is 10.0. The van der Waals surface area contributed by atoms with Crippen molar-refractivity contribution in [3.63, 3.8) is 0 Å². The highest BCUT2D eigenvalue weighted by Crippen LogP contribution is 2.19. The van der Waals surface area contributed by atoms with Gasteiger partial charge in [-0.1, -0.05) is 41.0 Å². The van der Waals surface area contributed by atoms with Crippen LogP contribution in [0.3, 0.4) is 0 Å². The number of oxime groups is 1. The Bertz CT molecular complexity index is 589. The van der Waals surface area contributed by atoms with Crippen LogP contribution in [0, 0.1) is 0 Å². The van der Waals surface area contributed by atoms with Gasteiger partial charge in [0.1, 0.15) is 6.10 Å². The van der Waals surface area contributed by atoms with E-state index in [9.17, 15) is 5.11 Å². The van der Waals surface area contributed by atoms with Gasteiger partial charge in [-0.05, 0) is 17.7 Å². The van der Waals surface area contributed by atoms with E-state index in [1.165, 1.54) is 0 Å². The maximum atomic E-state index is 10.1. The van der Waals surface area contributed by atoms with Crippen LogP contribution in [0.1, 0.15) is 12.0 Å². The summed E-state index contributed by atoms with van der Waals surface area (Å²) in [7, 11) is 0. The van der Waals surface area contributed by atoms with E-state index >= 15 is 0 Å². The van der Waals surface area contributed by atoms with E-state index in [2.05, 4.69) is 23.2 Å². The Morgan fingerprint density at radius 3 is 2.80 bits per heavy atom. The smallest absolute Gasteiger partial charge is 0.145 e. The van der Waals surface area contributed by atoms with Crippen molar-refractivity contribution in [2.75, 3.05) is 32.8 Å². The topological polar surface area (TPSA) is 54.3 Å². The van der Waals surface area contributed by atoms with Crippen LogP contribution in [0.25, 0.3) is 0 Å². The summed E-state index contributed by atoms with van der Waals surface area (Å²) in [5.41, 5.74) is 1.93. The molecule has 6 heteroatoms. The van der Waals surface area contributed by atoms with E-state index in [-0.39, 0.29) is 12.7 Å². The predicted octanol–water partition coefficient (Wildman–Crippen LogP) is 2.88. The Hall–Kier alpha value is -1.66. The second kappa shape index (κ2) is 10.4. The second-order valence-electron chi connectivity index (χ2n) is 5.96. The van der Waals surface area contributed by atoms with Crippen molar-refractivity contribution in [1.29, 1.82) is 0 Å². The van der Waals surface area contributed by atoms with Gasteiger partial charge in [-0.25, -0.2) is 0 Å². The van der Waals surface area contributed by atoms with Gasteiger partial charge >= 0.3 is 0 Å².